The monoisotopic (exact) mass is 375 g/mol. The van der Waals surface area contributed by atoms with Crippen molar-refractivity contribution >= 4 is 33.4 Å². The van der Waals surface area contributed by atoms with Crippen LogP contribution in [0.15, 0.2) is 39.6 Å². The van der Waals surface area contributed by atoms with Crippen LogP contribution in [-0.4, -0.2) is 25.5 Å². The first-order chi connectivity index (χ1) is 10.9. The zero-order valence-electron chi connectivity index (χ0n) is 12.5. The molecule has 0 aliphatic carbocycles. The van der Waals surface area contributed by atoms with Gasteiger partial charge < -0.3 is 5.32 Å². The second kappa shape index (κ2) is 5.96. The first kappa shape index (κ1) is 15.4. The lowest BCUT2D eigenvalue weighted by atomic mass is 10.2. The molecule has 0 aliphatic rings. The molecule has 2 heterocycles. The molecule has 0 spiro atoms. The third-order valence-corrected chi connectivity index (χ3v) is 3.69. The molecule has 118 valence electrons. The van der Waals surface area contributed by atoms with Gasteiger partial charge in [-0.1, -0.05) is 35.8 Å². The second-order valence-electron chi connectivity index (χ2n) is 5.34. The predicted octanol–water partition coefficient (Wildman–Crippen LogP) is 2.56. The number of nitrogens with zero attached hydrogens (tertiary/aromatic N) is 3. The third kappa shape index (κ3) is 3.16. The van der Waals surface area contributed by atoms with E-state index in [9.17, 15) is 9.59 Å². The van der Waals surface area contributed by atoms with Crippen molar-refractivity contribution in [3.05, 3.63) is 56.5 Å². The first-order valence-electron chi connectivity index (χ1n) is 7.01. The number of nitrogens with one attached hydrogen (secondary N) is 2. The van der Waals surface area contributed by atoms with Crippen molar-refractivity contribution in [1.29, 1.82) is 0 Å². The van der Waals surface area contributed by atoms with Crippen LogP contribution in [0.25, 0.3) is 5.78 Å². The second-order valence-corrected chi connectivity index (χ2v) is 6.26. The lowest BCUT2D eigenvalue weighted by Gasteiger charge is -2.06. The number of benzene rings is 1. The smallest absolute Gasteiger partial charge is 0.256 e. The maximum Gasteiger partial charge on any atom is 0.256 e. The molecule has 1 aromatic carbocycles. The fourth-order valence-electron chi connectivity index (χ4n) is 2.06. The van der Waals surface area contributed by atoms with Gasteiger partial charge in [0.25, 0.3) is 11.5 Å². The number of carbonyl (C=O) groups is 1. The summed E-state index contributed by atoms with van der Waals surface area (Å²) in [6, 6.07) is 8.25. The van der Waals surface area contributed by atoms with Crippen LogP contribution in [0.1, 0.15) is 35.9 Å². The van der Waals surface area contributed by atoms with E-state index in [1.54, 1.807) is 18.2 Å². The summed E-state index contributed by atoms with van der Waals surface area (Å²) in [6.07, 6.45) is 0. The number of anilines is 1. The molecule has 8 heteroatoms. The standard InChI is InChI=1S/C15H14BrN5O2/c1-8(2)13-19-15-18-12(22)7-11(21(15)20-13)17-14(23)9-4-3-5-10(16)6-9/h3-8H,1-2H3,(H,17,23)(H,18,19,20,22). The van der Waals surface area contributed by atoms with Gasteiger partial charge in [-0.15, -0.1) is 5.10 Å². The minimum Gasteiger partial charge on any atom is -0.306 e. The summed E-state index contributed by atoms with van der Waals surface area (Å²) in [4.78, 5) is 31.0. The van der Waals surface area contributed by atoms with Crippen molar-refractivity contribution in [2.75, 3.05) is 5.32 Å². The summed E-state index contributed by atoms with van der Waals surface area (Å²) in [7, 11) is 0. The van der Waals surface area contributed by atoms with E-state index in [0.717, 1.165) is 4.47 Å². The topological polar surface area (TPSA) is 92.1 Å². The zero-order chi connectivity index (χ0) is 16.6. The van der Waals surface area contributed by atoms with Gasteiger partial charge in [0.1, 0.15) is 5.82 Å². The molecular formula is C15H14BrN5O2. The first-order valence-corrected chi connectivity index (χ1v) is 7.80. The Morgan fingerprint density at radius 2 is 2.13 bits per heavy atom. The minimum atomic E-state index is -0.357. The number of hydrogen-bond donors (Lipinski definition) is 2. The molecule has 0 fully saturated rings. The molecule has 2 N–H and O–H groups in total. The van der Waals surface area contributed by atoms with Gasteiger partial charge in [-0.05, 0) is 18.2 Å². The van der Waals surface area contributed by atoms with Gasteiger partial charge in [0.05, 0.1) is 0 Å². The normalized spacial score (nSPS) is 11.1. The highest BCUT2D eigenvalue weighted by molar-refractivity contribution is 9.10. The van der Waals surface area contributed by atoms with E-state index in [0.29, 0.717) is 17.2 Å². The maximum absolute atomic E-state index is 12.4. The van der Waals surface area contributed by atoms with Crippen molar-refractivity contribution in [3.8, 4) is 0 Å². The quantitative estimate of drug-likeness (QED) is 0.735. The average Bonchev–Trinajstić information content (AvgIpc) is 2.91. The lowest BCUT2D eigenvalue weighted by Crippen LogP contribution is -2.18. The fourth-order valence-corrected chi connectivity index (χ4v) is 2.46. The number of halogens is 1. The molecule has 23 heavy (non-hydrogen) atoms. The molecule has 0 saturated carbocycles. The Morgan fingerprint density at radius 1 is 1.35 bits per heavy atom. The highest BCUT2D eigenvalue weighted by atomic mass is 79.9. The van der Waals surface area contributed by atoms with Gasteiger partial charge in [-0.3, -0.25) is 14.6 Å². The number of H-pyrrole nitrogens is 1. The Morgan fingerprint density at radius 3 is 2.83 bits per heavy atom. The van der Waals surface area contributed by atoms with Crippen molar-refractivity contribution in [1.82, 2.24) is 19.6 Å². The molecule has 0 atom stereocenters. The van der Waals surface area contributed by atoms with E-state index < -0.39 is 0 Å². The molecule has 0 aliphatic heterocycles. The molecule has 7 nitrogen and oxygen atoms in total. The number of fused-ring (bicyclic) bond motifs is 1. The summed E-state index contributed by atoms with van der Waals surface area (Å²) < 4.78 is 2.22. The van der Waals surface area contributed by atoms with Gasteiger partial charge in [0, 0.05) is 22.0 Å². The number of aromatic amines is 1. The van der Waals surface area contributed by atoms with Crippen molar-refractivity contribution in [3.63, 3.8) is 0 Å². The van der Waals surface area contributed by atoms with Gasteiger partial charge >= 0.3 is 0 Å². The van der Waals surface area contributed by atoms with E-state index in [1.165, 1.54) is 10.6 Å². The Hall–Kier alpha value is -2.48. The molecule has 1 amide bonds. The molecular weight excluding hydrogens is 362 g/mol. The summed E-state index contributed by atoms with van der Waals surface area (Å²) in [5.74, 6) is 0.926. The van der Waals surface area contributed by atoms with Gasteiger partial charge in [-0.2, -0.15) is 9.50 Å². The predicted molar refractivity (Wildman–Crippen MR) is 89.8 cm³/mol. The van der Waals surface area contributed by atoms with E-state index in [2.05, 4.69) is 36.3 Å². The molecule has 3 aromatic rings. The van der Waals surface area contributed by atoms with Gasteiger partial charge in [-0.25, -0.2) is 0 Å². The van der Waals surface area contributed by atoms with E-state index >= 15 is 0 Å². The van der Waals surface area contributed by atoms with Crippen molar-refractivity contribution in [2.45, 2.75) is 19.8 Å². The van der Waals surface area contributed by atoms with Gasteiger partial charge in [0.15, 0.2) is 5.82 Å². The Bertz CT molecular complexity index is 944. The lowest BCUT2D eigenvalue weighted by molar-refractivity contribution is 0.102. The number of aromatic nitrogens is 4. The molecule has 3 rings (SSSR count). The molecule has 0 bridgehead atoms. The van der Waals surface area contributed by atoms with Crippen LogP contribution in [0, 0.1) is 0 Å². The molecule has 0 unspecified atom stereocenters. The Kier molecular flexibility index (Phi) is 3.99. The number of rotatable bonds is 3. The van der Waals surface area contributed by atoms with Crippen LogP contribution in [0.3, 0.4) is 0 Å². The van der Waals surface area contributed by atoms with Crippen LogP contribution < -0.4 is 10.9 Å². The van der Waals surface area contributed by atoms with E-state index in [1.807, 2.05) is 19.9 Å². The van der Waals surface area contributed by atoms with Crippen molar-refractivity contribution < 1.29 is 4.79 Å². The fraction of sp³-hybridized carbons (Fsp3) is 0.200. The van der Waals surface area contributed by atoms with Crippen LogP contribution >= 0.6 is 15.9 Å². The Balaban J connectivity index is 2.02. The summed E-state index contributed by atoms with van der Waals surface area (Å²) in [5, 5.41) is 7.03. The van der Waals surface area contributed by atoms with E-state index in [-0.39, 0.29) is 23.2 Å². The maximum atomic E-state index is 12.4. The molecule has 2 aromatic heterocycles. The van der Waals surface area contributed by atoms with Crippen LogP contribution in [0.5, 0.6) is 0 Å². The van der Waals surface area contributed by atoms with Gasteiger partial charge in [0.2, 0.25) is 5.78 Å². The molecule has 0 radical (unpaired) electrons. The van der Waals surface area contributed by atoms with Crippen LogP contribution in [0.4, 0.5) is 5.82 Å². The summed E-state index contributed by atoms with van der Waals surface area (Å²) >= 11 is 3.32. The summed E-state index contributed by atoms with van der Waals surface area (Å²) in [5.41, 5.74) is 0.113. The van der Waals surface area contributed by atoms with Crippen molar-refractivity contribution in [2.24, 2.45) is 0 Å². The largest absolute Gasteiger partial charge is 0.306 e. The number of carbonyl (C=O) groups excluding carboxylic acids is 1. The average molecular weight is 376 g/mol. The highest BCUT2D eigenvalue weighted by Crippen LogP contribution is 2.15. The number of hydrogen-bond acceptors (Lipinski definition) is 4. The number of amides is 1. The zero-order valence-corrected chi connectivity index (χ0v) is 14.1. The third-order valence-electron chi connectivity index (χ3n) is 3.20. The van der Waals surface area contributed by atoms with E-state index in [4.69, 9.17) is 0 Å². The highest BCUT2D eigenvalue weighted by Gasteiger charge is 2.14. The molecule has 0 saturated heterocycles. The van der Waals surface area contributed by atoms with Crippen LogP contribution in [0.2, 0.25) is 0 Å². The Labute approximate surface area is 139 Å². The minimum absolute atomic E-state index is 0.104. The SMILES string of the molecule is CC(C)c1nc2[nH]c(=O)cc(NC(=O)c3cccc(Br)c3)n2n1. The summed E-state index contributed by atoms with van der Waals surface area (Å²) in [6.45, 7) is 3.90. The van der Waals surface area contributed by atoms with Crippen LogP contribution in [-0.2, 0) is 0 Å².